The molecule has 2 aromatic rings. The van der Waals surface area contributed by atoms with E-state index in [-0.39, 0.29) is 5.57 Å². The first-order valence-corrected chi connectivity index (χ1v) is 8.14. The summed E-state index contributed by atoms with van der Waals surface area (Å²) in [5.74, 6) is 0.170. The molecule has 128 valence electrons. The molecule has 25 heavy (non-hydrogen) atoms. The zero-order chi connectivity index (χ0) is 18.2. The van der Waals surface area contributed by atoms with Crippen LogP contribution < -0.4 is 15.4 Å². The molecule has 0 aliphatic rings. The lowest BCUT2D eigenvalue weighted by Crippen LogP contribution is -2.14. The molecule has 0 saturated heterocycles. The lowest BCUT2D eigenvalue weighted by molar-refractivity contribution is -0.112. The minimum Gasteiger partial charge on any atom is -0.494 e. The van der Waals surface area contributed by atoms with E-state index in [1.54, 1.807) is 42.5 Å². The van der Waals surface area contributed by atoms with Crippen molar-refractivity contribution in [1.82, 2.24) is 0 Å². The molecule has 0 heterocycles. The van der Waals surface area contributed by atoms with E-state index in [1.807, 2.05) is 13.0 Å². The second-order valence-electron chi connectivity index (χ2n) is 4.88. The highest BCUT2D eigenvalue weighted by atomic mass is 35.5. The van der Waals surface area contributed by atoms with Crippen molar-refractivity contribution >= 4 is 40.5 Å². The van der Waals surface area contributed by atoms with Gasteiger partial charge in [0.15, 0.2) is 0 Å². The molecular formula is C18H15Cl2N3O2. The number of halogens is 2. The predicted molar refractivity (Wildman–Crippen MR) is 100 cm³/mol. The lowest BCUT2D eigenvalue weighted by atomic mass is 10.2. The molecule has 0 unspecified atom stereocenters. The Labute approximate surface area is 155 Å². The summed E-state index contributed by atoms with van der Waals surface area (Å²) in [6.45, 7) is 2.45. The van der Waals surface area contributed by atoms with Crippen molar-refractivity contribution in [3.8, 4) is 11.8 Å². The van der Waals surface area contributed by atoms with Crippen LogP contribution in [0.15, 0.2) is 54.2 Å². The predicted octanol–water partition coefficient (Wildman–Crippen LogP) is 4.85. The van der Waals surface area contributed by atoms with Gasteiger partial charge in [-0.15, -0.1) is 0 Å². The van der Waals surface area contributed by atoms with Crippen LogP contribution in [-0.2, 0) is 4.79 Å². The first-order chi connectivity index (χ1) is 12.0. The Kier molecular flexibility index (Phi) is 6.70. The third-order valence-corrected chi connectivity index (χ3v) is 3.47. The average molecular weight is 376 g/mol. The number of carbonyl (C=O) groups excluding carboxylic acids is 1. The third-order valence-electron chi connectivity index (χ3n) is 3.03. The van der Waals surface area contributed by atoms with Crippen LogP contribution in [-0.4, -0.2) is 12.5 Å². The molecule has 2 aromatic carbocycles. The molecule has 0 spiro atoms. The van der Waals surface area contributed by atoms with Crippen LogP contribution in [0.2, 0.25) is 10.0 Å². The van der Waals surface area contributed by atoms with Gasteiger partial charge in [0.1, 0.15) is 17.4 Å². The van der Waals surface area contributed by atoms with E-state index < -0.39 is 5.91 Å². The maximum absolute atomic E-state index is 12.2. The summed E-state index contributed by atoms with van der Waals surface area (Å²) in [4.78, 5) is 12.2. The number of nitrogens with one attached hydrogen (secondary N) is 2. The van der Waals surface area contributed by atoms with E-state index in [1.165, 1.54) is 6.20 Å². The van der Waals surface area contributed by atoms with Crippen LogP contribution in [0.4, 0.5) is 11.4 Å². The SMILES string of the molecule is CCOc1ccc(NC(=O)/C(C#N)=C\Nc2cc(Cl)cc(Cl)c2)cc1. The molecule has 2 rings (SSSR count). The quantitative estimate of drug-likeness (QED) is 0.558. The Hall–Kier alpha value is -2.68. The van der Waals surface area contributed by atoms with E-state index in [2.05, 4.69) is 10.6 Å². The fraction of sp³-hybridized carbons (Fsp3) is 0.111. The van der Waals surface area contributed by atoms with Crippen molar-refractivity contribution < 1.29 is 9.53 Å². The molecule has 1 amide bonds. The Morgan fingerprint density at radius 1 is 1.16 bits per heavy atom. The molecule has 0 aromatic heterocycles. The number of hydrogen-bond donors (Lipinski definition) is 2. The van der Waals surface area contributed by atoms with Crippen molar-refractivity contribution in [2.75, 3.05) is 17.2 Å². The largest absolute Gasteiger partial charge is 0.494 e. The van der Waals surface area contributed by atoms with Gasteiger partial charge in [0, 0.05) is 27.6 Å². The highest BCUT2D eigenvalue weighted by Gasteiger charge is 2.09. The zero-order valence-electron chi connectivity index (χ0n) is 13.3. The molecule has 0 radical (unpaired) electrons. The Morgan fingerprint density at radius 2 is 1.80 bits per heavy atom. The number of nitriles is 1. The first-order valence-electron chi connectivity index (χ1n) is 7.39. The average Bonchev–Trinajstić information content (AvgIpc) is 2.56. The van der Waals surface area contributed by atoms with E-state index in [9.17, 15) is 10.1 Å². The summed E-state index contributed by atoms with van der Waals surface area (Å²) in [6, 6.07) is 13.6. The summed E-state index contributed by atoms with van der Waals surface area (Å²) in [7, 11) is 0. The second kappa shape index (κ2) is 8.97. The maximum atomic E-state index is 12.2. The molecule has 2 N–H and O–H groups in total. The van der Waals surface area contributed by atoms with Gasteiger partial charge in [0.05, 0.1) is 6.61 Å². The van der Waals surface area contributed by atoms with Crippen LogP contribution in [0.3, 0.4) is 0 Å². The number of ether oxygens (including phenoxy) is 1. The summed E-state index contributed by atoms with van der Waals surface area (Å²) < 4.78 is 5.33. The van der Waals surface area contributed by atoms with Crippen LogP contribution >= 0.6 is 23.2 Å². The van der Waals surface area contributed by atoms with E-state index in [0.717, 1.165) is 0 Å². The molecule has 0 bridgehead atoms. The summed E-state index contributed by atoms with van der Waals surface area (Å²) in [6.07, 6.45) is 1.30. The van der Waals surface area contributed by atoms with E-state index in [0.29, 0.717) is 33.8 Å². The maximum Gasteiger partial charge on any atom is 0.267 e. The highest BCUT2D eigenvalue weighted by molar-refractivity contribution is 6.35. The Balaban J connectivity index is 2.06. The van der Waals surface area contributed by atoms with Gasteiger partial charge in [0.2, 0.25) is 0 Å². The van der Waals surface area contributed by atoms with Crippen LogP contribution in [0.25, 0.3) is 0 Å². The molecule has 0 atom stereocenters. The number of nitrogens with zero attached hydrogens (tertiary/aromatic N) is 1. The summed E-state index contributed by atoms with van der Waals surface area (Å²) in [5, 5.41) is 15.6. The van der Waals surface area contributed by atoms with Gasteiger partial charge in [-0.2, -0.15) is 5.26 Å². The van der Waals surface area contributed by atoms with Gasteiger partial charge >= 0.3 is 0 Å². The molecular weight excluding hydrogens is 361 g/mol. The third kappa shape index (κ3) is 5.71. The number of anilines is 2. The molecule has 0 saturated carbocycles. The normalized spacial score (nSPS) is 10.7. The molecule has 5 nitrogen and oxygen atoms in total. The zero-order valence-corrected chi connectivity index (χ0v) is 14.9. The fourth-order valence-electron chi connectivity index (χ4n) is 1.94. The smallest absolute Gasteiger partial charge is 0.267 e. The standard InChI is InChI=1S/C18H15Cl2N3O2/c1-2-25-17-5-3-15(4-6-17)23-18(24)12(10-21)11-22-16-8-13(19)7-14(20)9-16/h3-9,11,22H,2H2,1H3,(H,23,24)/b12-11-. The number of hydrogen-bond acceptors (Lipinski definition) is 4. The van der Waals surface area contributed by atoms with Gasteiger partial charge in [-0.05, 0) is 49.4 Å². The number of benzene rings is 2. The minimum absolute atomic E-state index is 0.0926. The molecule has 0 fully saturated rings. The Bertz CT molecular complexity index is 807. The topological polar surface area (TPSA) is 74.1 Å². The molecule has 0 aliphatic heterocycles. The Morgan fingerprint density at radius 3 is 2.36 bits per heavy atom. The lowest BCUT2D eigenvalue weighted by Gasteiger charge is -2.07. The number of rotatable bonds is 6. The van der Waals surface area contributed by atoms with Crippen LogP contribution in [0, 0.1) is 11.3 Å². The molecule has 7 heteroatoms. The summed E-state index contributed by atoms with van der Waals surface area (Å²) >= 11 is 11.8. The van der Waals surface area contributed by atoms with Crippen LogP contribution in [0.1, 0.15) is 6.92 Å². The minimum atomic E-state index is -0.535. The number of carbonyl (C=O) groups is 1. The van der Waals surface area contributed by atoms with E-state index in [4.69, 9.17) is 27.9 Å². The van der Waals surface area contributed by atoms with Gasteiger partial charge in [-0.1, -0.05) is 23.2 Å². The van der Waals surface area contributed by atoms with Gasteiger partial charge in [-0.3, -0.25) is 4.79 Å². The van der Waals surface area contributed by atoms with Crippen molar-refractivity contribution in [1.29, 1.82) is 5.26 Å². The molecule has 0 aliphatic carbocycles. The van der Waals surface area contributed by atoms with Crippen molar-refractivity contribution in [3.05, 3.63) is 64.3 Å². The van der Waals surface area contributed by atoms with Crippen molar-refractivity contribution in [2.45, 2.75) is 6.92 Å². The van der Waals surface area contributed by atoms with Crippen molar-refractivity contribution in [3.63, 3.8) is 0 Å². The van der Waals surface area contributed by atoms with Crippen LogP contribution in [0.5, 0.6) is 5.75 Å². The van der Waals surface area contributed by atoms with Gasteiger partial charge in [0.25, 0.3) is 5.91 Å². The monoisotopic (exact) mass is 375 g/mol. The number of amides is 1. The van der Waals surface area contributed by atoms with Gasteiger partial charge < -0.3 is 15.4 Å². The van der Waals surface area contributed by atoms with Crippen molar-refractivity contribution in [2.24, 2.45) is 0 Å². The van der Waals surface area contributed by atoms with E-state index >= 15 is 0 Å². The highest BCUT2D eigenvalue weighted by Crippen LogP contribution is 2.22. The van der Waals surface area contributed by atoms with Gasteiger partial charge in [-0.25, -0.2) is 0 Å². The second-order valence-corrected chi connectivity index (χ2v) is 5.76. The summed E-state index contributed by atoms with van der Waals surface area (Å²) in [5.41, 5.74) is 1.03. The fourth-order valence-corrected chi connectivity index (χ4v) is 2.47. The first kappa shape index (κ1) is 18.7.